The van der Waals surface area contributed by atoms with Crippen molar-refractivity contribution >= 4 is 5.97 Å². The van der Waals surface area contributed by atoms with E-state index in [1.165, 1.54) is 0 Å². The highest BCUT2D eigenvalue weighted by atomic mass is 16.7. The van der Waals surface area contributed by atoms with E-state index in [9.17, 15) is 4.79 Å². The Hall–Kier alpha value is -0.650. The van der Waals surface area contributed by atoms with Crippen LogP contribution in [-0.4, -0.2) is 36.6 Å². The molecule has 3 unspecified atom stereocenters. The average molecular weight is 259 g/mol. The van der Waals surface area contributed by atoms with Crippen LogP contribution in [0.4, 0.5) is 0 Å². The molecule has 0 radical (unpaired) electrons. The molecule has 5 heteroatoms. The van der Waals surface area contributed by atoms with Crippen LogP contribution >= 0.6 is 0 Å². The van der Waals surface area contributed by atoms with Crippen molar-refractivity contribution in [2.75, 3.05) is 6.54 Å². The molecule has 1 rings (SSSR count). The van der Waals surface area contributed by atoms with E-state index in [2.05, 4.69) is 0 Å². The molecule has 2 N–H and O–H groups in total. The molecular weight excluding hydrogens is 234 g/mol. The van der Waals surface area contributed by atoms with Crippen molar-refractivity contribution in [3.63, 3.8) is 0 Å². The third-order valence-electron chi connectivity index (χ3n) is 2.60. The lowest BCUT2D eigenvalue weighted by atomic mass is 10.0. The molecule has 0 bridgehead atoms. The summed E-state index contributed by atoms with van der Waals surface area (Å²) < 4.78 is 16.5. The predicted molar refractivity (Wildman–Crippen MR) is 68.0 cm³/mol. The molecule has 1 heterocycles. The Morgan fingerprint density at radius 3 is 2.50 bits per heavy atom. The molecule has 0 aromatic carbocycles. The highest BCUT2D eigenvalue weighted by Crippen LogP contribution is 2.23. The topological polar surface area (TPSA) is 70.8 Å². The number of nitrogens with two attached hydrogens (primary N) is 1. The first-order valence-electron chi connectivity index (χ1n) is 6.53. The molecule has 1 fully saturated rings. The van der Waals surface area contributed by atoms with Gasteiger partial charge in [0.2, 0.25) is 0 Å². The molecule has 1 saturated heterocycles. The molecule has 0 amide bonds. The SMILES string of the molecule is CC1OC(CCN)CC(CC(=O)OC(C)(C)C)O1. The van der Waals surface area contributed by atoms with E-state index >= 15 is 0 Å². The summed E-state index contributed by atoms with van der Waals surface area (Å²) in [6.45, 7) is 7.99. The maximum absolute atomic E-state index is 11.7. The Kier molecular flexibility index (Phi) is 5.56. The first-order chi connectivity index (χ1) is 8.30. The zero-order valence-corrected chi connectivity index (χ0v) is 11.8. The maximum Gasteiger partial charge on any atom is 0.308 e. The van der Waals surface area contributed by atoms with Crippen LogP contribution in [0.1, 0.15) is 47.0 Å². The average Bonchev–Trinajstić information content (AvgIpc) is 2.12. The number of hydrogen-bond acceptors (Lipinski definition) is 5. The number of rotatable bonds is 4. The van der Waals surface area contributed by atoms with Gasteiger partial charge in [-0.25, -0.2) is 0 Å². The summed E-state index contributed by atoms with van der Waals surface area (Å²) >= 11 is 0. The van der Waals surface area contributed by atoms with Gasteiger partial charge in [0.1, 0.15) is 5.60 Å². The van der Waals surface area contributed by atoms with Gasteiger partial charge in [0.25, 0.3) is 0 Å². The number of carbonyl (C=O) groups excluding carboxylic acids is 1. The van der Waals surface area contributed by atoms with E-state index in [-0.39, 0.29) is 30.9 Å². The van der Waals surface area contributed by atoms with Crippen molar-refractivity contribution < 1.29 is 19.0 Å². The van der Waals surface area contributed by atoms with Gasteiger partial charge in [-0.1, -0.05) is 0 Å². The van der Waals surface area contributed by atoms with Crippen molar-refractivity contribution in [1.29, 1.82) is 0 Å². The zero-order chi connectivity index (χ0) is 13.8. The van der Waals surface area contributed by atoms with Gasteiger partial charge in [-0.3, -0.25) is 4.79 Å². The fraction of sp³-hybridized carbons (Fsp3) is 0.923. The van der Waals surface area contributed by atoms with Crippen molar-refractivity contribution in [2.24, 2.45) is 5.73 Å². The molecular formula is C13H25NO4. The van der Waals surface area contributed by atoms with Crippen molar-refractivity contribution in [3.05, 3.63) is 0 Å². The van der Waals surface area contributed by atoms with Gasteiger partial charge in [-0.2, -0.15) is 0 Å². The number of carbonyl (C=O) groups is 1. The summed E-state index contributed by atoms with van der Waals surface area (Å²) in [5, 5.41) is 0. The molecule has 1 aliphatic heterocycles. The van der Waals surface area contributed by atoms with Crippen LogP contribution in [-0.2, 0) is 19.0 Å². The molecule has 106 valence electrons. The Labute approximate surface area is 109 Å². The molecule has 18 heavy (non-hydrogen) atoms. The monoisotopic (exact) mass is 259 g/mol. The first-order valence-corrected chi connectivity index (χ1v) is 6.53. The molecule has 0 aromatic rings. The van der Waals surface area contributed by atoms with Crippen LogP contribution in [0.5, 0.6) is 0 Å². The third-order valence-corrected chi connectivity index (χ3v) is 2.60. The second kappa shape index (κ2) is 6.50. The molecule has 0 spiro atoms. The number of esters is 1. The van der Waals surface area contributed by atoms with Gasteiger partial charge in [0, 0.05) is 6.42 Å². The Bertz CT molecular complexity index is 275. The smallest absolute Gasteiger partial charge is 0.308 e. The lowest BCUT2D eigenvalue weighted by Gasteiger charge is -2.34. The van der Waals surface area contributed by atoms with Crippen molar-refractivity contribution in [3.8, 4) is 0 Å². The summed E-state index contributed by atoms with van der Waals surface area (Å²) in [4.78, 5) is 11.7. The summed E-state index contributed by atoms with van der Waals surface area (Å²) in [5.41, 5.74) is 5.07. The molecule has 3 atom stereocenters. The Morgan fingerprint density at radius 2 is 1.94 bits per heavy atom. The molecule has 5 nitrogen and oxygen atoms in total. The Morgan fingerprint density at radius 1 is 1.33 bits per heavy atom. The second-order valence-corrected chi connectivity index (χ2v) is 5.69. The van der Waals surface area contributed by atoms with Gasteiger partial charge in [-0.15, -0.1) is 0 Å². The van der Waals surface area contributed by atoms with Gasteiger partial charge >= 0.3 is 5.97 Å². The molecule has 0 saturated carbocycles. The number of hydrogen-bond donors (Lipinski definition) is 1. The molecule has 1 aliphatic rings. The fourth-order valence-corrected chi connectivity index (χ4v) is 2.05. The van der Waals surface area contributed by atoms with Crippen LogP contribution in [0.15, 0.2) is 0 Å². The van der Waals surface area contributed by atoms with E-state index in [0.717, 1.165) is 6.42 Å². The van der Waals surface area contributed by atoms with Crippen LogP contribution in [0.25, 0.3) is 0 Å². The number of ether oxygens (including phenoxy) is 3. The van der Waals surface area contributed by atoms with E-state index < -0.39 is 5.60 Å². The highest BCUT2D eigenvalue weighted by Gasteiger charge is 2.30. The van der Waals surface area contributed by atoms with Crippen LogP contribution in [0, 0.1) is 0 Å². The minimum Gasteiger partial charge on any atom is -0.460 e. The summed E-state index contributed by atoms with van der Waals surface area (Å²) in [6, 6.07) is 0. The van der Waals surface area contributed by atoms with Gasteiger partial charge in [0.15, 0.2) is 6.29 Å². The normalized spacial score (nSPS) is 29.1. The van der Waals surface area contributed by atoms with E-state index in [1.807, 2.05) is 27.7 Å². The van der Waals surface area contributed by atoms with Crippen LogP contribution in [0.2, 0.25) is 0 Å². The minimum atomic E-state index is -0.454. The second-order valence-electron chi connectivity index (χ2n) is 5.69. The van der Waals surface area contributed by atoms with Gasteiger partial charge in [-0.05, 0) is 40.7 Å². The standard InChI is InChI=1S/C13H25NO4/c1-9-16-10(5-6-14)7-11(17-9)8-12(15)18-13(2,3)4/h9-11H,5-8,14H2,1-4H3. The summed E-state index contributed by atoms with van der Waals surface area (Å²) in [6.07, 6.45) is 1.40. The lowest BCUT2D eigenvalue weighted by molar-refractivity contribution is -0.236. The predicted octanol–water partition coefficient (Wildman–Crippen LogP) is 1.59. The largest absolute Gasteiger partial charge is 0.460 e. The third kappa shape index (κ3) is 5.80. The van der Waals surface area contributed by atoms with Gasteiger partial charge < -0.3 is 19.9 Å². The van der Waals surface area contributed by atoms with E-state index in [1.54, 1.807) is 0 Å². The molecule has 0 aliphatic carbocycles. The highest BCUT2D eigenvalue weighted by molar-refractivity contribution is 5.70. The lowest BCUT2D eigenvalue weighted by Crippen LogP contribution is -2.39. The van der Waals surface area contributed by atoms with Crippen molar-refractivity contribution in [1.82, 2.24) is 0 Å². The van der Waals surface area contributed by atoms with E-state index in [4.69, 9.17) is 19.9 Å². The zero-order valence-electron chi connectivity index (χ0n) is 11.8. The molecule has 0 aromatic heterocycles. The van der Waals surface area contributed by atoms with Crippen molar-refractivity contribution in [2.45, 2.75) is 71.1 Å². The van der Waals surface area contributed by atoms with Crippen LogP contribution < -0.4 is 5.73 Å². The Balaban J connectivity index is 2.43. The summed E-state index contributed by atoms with van der Waals surface area (Å²) in [5.74, 6) is -0.229. The quantitative estimate of drug-likeness (QED) is 0.776. The van der Waals surface area contributed by atoms with Crippen LogP contribution in [0.3, 0.4) is 0 Å². The fourth-order valence-electron chi connectivity index (χ4n) is 2.05. The maximum atomic E-state index is 11.7. The summed E-state index contributed by atoms with van der Waals surface area (Å²) in [7, 11) is 0. The van der Waals surface area contributed by atoms with E-state index in [0.29, 0.717) is 13.0 Å². The first kappa shape index (κ1) is 15.4. The minimum absolute atomic E-state index is 0.0752. The van der Waals surface area contributed by atoms with Gasteiger partial charge in [0.05, 0.1) is 18.6 Å².